The molecule has 2 N–H and O–H groups in total. The zero-order valence-corrected chi connectivity index (χ0v) is 10.3. The predicted octanol–water partition coefficient (Wildman–Crippen LogP) is 2.03. The molecule has 0 saturated heterocycles. The Bertz CT molecular complexity index is 260. The minimum atomic E-state index is 0.250. The Morgan fingerprint density at radius 2 is 2.33 bits per heavy atom. The molecule has 1 heterocycles. The van der Waals surface area contributed by atoms with Crippen molar-refractivity contribution in [1.29, 1.82) is 0 Å². The lowest BCUT2D eigenvalue weighted by molar-refractivity contribution is 0.236. The number of hydrogen-bond donors (Lipinski definition) is 2. The number of rotatable bonds is 7. The van der Waals surface area contributed by atoms with Crippen molar-refractivity contribution in [3.8, 4) is 0 Å². The van der Waals surface area contributed by atoms with Gasteiger partial charge in [0, 0.05) is 31.3 Å². The molecule has 0 atom stereocenters. The summed E-state index contributed by atoms with van der Waals surface area (Å²) >= 11 is 1.68. The highest BCUT2D eigenvalue weighted by atomic mass is 32.1. The van der Waals surface area contributed by atoms with Crippen LogP contribution < -0.4 is 5.32 Å². The topological polar surface area (TPSA) is 45.1 Å². The number of thiazole rings is 1. The lowest BCUT2D eigenvalue weighted by atomic mass is 9.88. The SMILES string of the molecule is CC(C)(CCCO)CNCc1nccs1. The molecule has 0 unspecified atom stereocenters. The molecule has 0 aliphatic carbocycles. The van der Waals surface area contributed by atoms with Crippen LogP contribution in [0.25, 0.3) is 0 Å². The first-order chi connectivity index (χ1) is 7.14. The van der Waals surface area contributed by atoms with E-state index in [1.54, 1.807) is 11.3 Å². The number of nitrogens with zero attached hydrogens (tertiary/aromatic N) is 1. The molecule has 4 heteroatoms. The second-order valence-electron chi connectivity index (χ2n) is 4.52. The largest absolute Gasteiger partial charge is 0.396 e. The molecule has 86 valence electrons. The van der Waals surface area contributed by atoms with E-state index in [2.05, 4.69) is 24.1 Å². The fraction of sp³-hybridized carbons (Fsp3) is 0.727. The van der Waals surface area contributed by atoms with Gasteiger partial charge in [-0.3, -0.25) is 0 Å². The maximum Gasteiger partial charge on any atom is 0.106 e. The van der Waals surface area contributed by atoms with Crippen LogP contribution in [0.5, 0.6) is 0 Å². The van der Waals surface area contributed by atoms with Crippen molar-refractivity contribution in [2.75, 3.05) is 13.2 Å². The molecule has 0 aliphatic heterocycles. The van der Waals surface area contributed by atoms with Crippen LogP contribution >= 0.6 is 11.3 Å². The van der Waals surface area contributed by atoms with Crippen molar-refractivity contribution in [3.05, 3.63) is 16.6 Å². The highest BCUT2D eigenvalue weighted by Crippen LogP contribution is 2.20. The lowest BCUT2D eigenvalue weighted by Gasteiger charge is -2.24. The summed E-state index contributed by atoms with van der Waals surface area (Å²) in [6.07, 6.45) is 3.76. The van der Waals surface area contributed by atoms with Gasteiger partial charge in [-0.2, -0.15) is 0 Å². The molecule has 0 spiro atoms. The van der Waals surface area contributed by atoms with Crippen molar-refractivity contribution < 1.29 is 5.11 Å². The van der Waals surface area contributed by atoms with E-state index in [0.717, 1.165) is 30.9 Å². The zero-order valence-electron chi connectivity index (χ0n) is 9.49. The van der Waals surface area contributed by atoms with Crippen LogP contribution in [-0.2, 0) is 6.54 Å². The second kappa shape index (κ2) is 6.20. The Morgan fingerprint density at radius 1 is 1.53 bits per heavy atom. The van der Waals surface area contributed by atoms with Crippen molar-refractivity contribution in [2.45, 2.75) is 33.2 Å². The van der Waals surface area contributed by atoms with E-state index in [4.69, 9.17) is 5.11 Å². The molecule has 0 fully saturated rings. The Hall–Kier alpha value is -0.450. The van der Waals surface area contributed by atoms with Crippen LogP contribution in [0.4, 0.5) is 0 Å². The van der Waals surface area contributed by atoms with Gasteiger partial charge >= 0.3 is 0 Å². The molecule has 0 amide bonds. The summed E-state index contributed by atoms with van der Waals surface area (Å²) in [5.41, 5.74) is 0.250. The fourth-order valence-electron chi connectivity index (χ4n) is 1.49. The summed E-state index contributed by atoms with van der Waals surface area (Å²) in [4.78, 5) is 4.21. The Labute approximate surface area is 95.6 Å². The van der Waals surface area contributed by atoms with Crippen LogP contribution in [0, 0.1) is 5.41 Å². The Balaban J connectivity index is 2.18. The molecule has 0 saturated carbocycles. The van der Waals surface area contributed by atoms with E-state index in [1.807, 2.05) is 11.6 Å². The molecule has 0 aliphatic rings. The van der Waals surface area contributed by atoms with E-state index >= 15 is 0 Å². The number of aliphatic hydroxyl groups excluding tert-OH is 1. The summed E-state index contributed by atoms with van der Waals surface area (Å²) in [5.74, 6) is 0. The van der Waals surface area contributed by atoms with Gasteiger partial charge in [-0.05, 0) is 18.3 Å². The van der Waals surface area contributed by atoms with Crippen LogP contribution in [0.3, 0.4) is 0 Å². The molecule has 0 radical (unpaired) electrons. The van der Waals surface area contributed by atoms with Crippen LogP contribution in [-0.4, -0.2) is 23.2 Å². The maximum atomic E-state index is 8.78. The lowest BCUT2D eigenvalue weighted by Crippen LogP contribution is -2.29. The standard InChI is InChI=1S/C11H20N2OS/c1-11(2,4-3-6-14)9-12-8-10-13-5-7-15-10/h5,7,12,14H,3-4,6,8-9H2,1-2H3. The smallest absolute Gasteiger partial charge is 0.106 e. The molecule has 15 heavy (non-hydrogen) atoms. The molecular weight excluding hydrogens is 208 g/mol. The van der Waals surface area contributed by atoms with Crippen LogP contribution in [0.15, 0.2) is 11.6 Å². The van der Waals surface area contributed by atoms with E-state index < -0.39 is 0 Å². The first kappa shape index (κ1) is 12.6. The first-order valence-corrected chi connectivity index (χ1v) is 6.22. The summed E-state index contributed by atoms with van der Waals surface area (Å²) in [6, 6.07) is 0. The highest BCUT2D eigenvalue weighted by Gasteiger charge is 2.16. The third-order valence-corrected chi connectivity index (χ3v) is 3.15. The van der Waals surface area contributed by atoms with Crippen LogP contribution in [0.2, 0.25) is 0 Å². The third kappa shape index (κ3) is 5.25. The molecule has 0 bridgehead atoms. The quantitative estimate of drug-likeness (QED) is 0.750. The third-order valence-electron chi connectivity index (χ3n) is 2.37. The van der Waals surface area contributed by atoms with Gasteiger partial charge < -0.3 is 10.4 Å². The maximum absolute atomic E-state index is 8.78. The average molecular weight is 228 g/mol. The zero-order chi connectivity index (χ0) is 11.1. The van der Waals surface area contributed by atoms with Crippen molar-refractivity contribution in [1.82, 2.24) is 10.3 Å². The van der Waals surface area contributed by atoms with Crippen molar-refractivity contribution in [3.63, 3.8) is 0 Å². The van der Waals surface area contributed by atoms with E-state index in [-0.39, 0.29) is 12.0 Å². The van der Waals surface area contributed by atoms with E-state index in [9.17, 15) is 0 Å². The number of aliphatic hydroxyl groups is 1. The van der Waals surface area contributed by atoms with Gasteiger partial charge in [0.15, 0.2) is 0 Å². The highest BCUT2D eigenvalue weighted by molar-refractivity contribution is 7.09. The van der Waals surface area contributed by atoms with Gasteiger partial charge in [-0.15, -0.1) is 11.3 Å². The van der Waals surface area contributed by atoms with E-state index in [1.165, 1.54) is 0 Å². The Morgan fingerprint density at radius 3 is 2.93 bits per heavy atom. The summed E-state index contributed by atoms with van der Waals surface area (Å²) in [5, 5.41) is 15.3. The fourth-order valence-corrected chi connectivity index (χ4v) is 2.08. The first-order valence-electron chi connectivity index (χ1n) is 5.34. The summed E-state index contributed by atoms with van der Waals surface area (Å²) < 4.78 is 0. The van der Waals surface area contributed by atoms with Gasteiger partial charge in [-0.1, -0.05) is 13.8 Å². The molecule has 1 rings (SSSR count). The normalized spacial score (nSPS) is 11.9. The summed E-state index contributed by atoms with van der Waals surface area (Å²) in [7, 11) is 0. The molecule has 0 aromatic carbocycles. The minimum absolute atomic E-state index is 0.250. The van der Waals surface area contributed by atoms with Gasteiger partial charge in [0.2, 0.25) is 0 Å². The predicted molar refractivity (Wildman–Crippen MR) is 63.9 cm³/mol. The van der Waals surface area contributed by atoms with Crippen LogP contribution in [0.1, 0.15) is 31.7 Å². The number of nitrogens with one attached hydrogen (secondary N) is 1. The average Bonchev–Trinajstić information content (AvgIpc) is 2.67. The van der Waals surface area contributed by atoms with Crippen molar-refractivity contribution in [2.24, 2.45) is 5.41 Å². The van der Waals surface area contributed by atoms with Gasteiger partial charge in [0.25, 0.3) is 0 Å². The minimum Gasteiger partial charge on any atom is -0.396 e. The van der Waals surface area contributed by atoms with Crippen molar-refractivity contribution >= 4 is 11.3 Å². The molecule has 3 nitrogen and oxygen atoms in total. The second-order valence-corrected chi connectivity index (χ2v) is 5.50. The van der Waals surface area contributed by atoms with Gasteiger partial charge in [-0.25, -0.2) is 4.98 Å². The Kier molecular flexibility index (Phi) is 5.22. The number of aromatic nitrogens is 1. The van der Waals surface area contributed by atoms with Gasteiger partial charge in [0.1, 0.15) is 5.01 Å². The summed E-state index contributed by atoms with van der Waals surface area (Å²) in [6.45, 7) is 6.54. The molecule has 1 aromatic rings. The number of hydrogen-bond acceptors (Lipinski definition) is 4. The molecule has 1 aromatic heterocycles. The van der Waals surface area contributed by atoms with E-state index in [0.29, 0.717) is 0 Å². The molecular formula is C11H20N2OS. The monoisotopic (exact) mass is 228 g/mol. The van der Waals surface area contributed by atoms with Gasteiger partial charge in [0.05, 0.1) is 0 Å².